The van der Waals surface area contributed by atoms with Crippen LogP contribution in [0.15, 0.2) is 66.0 Å². The van der Waals surface area contributed by atoms with Gasteiger partial charge in [-0.2, -0.15) is 5.10 Å². The van der Waals surface area contributed by atoms with Crippen molar-refractivity contribution in [1.82, 2.24) is 19.7 Å². The molecule has 4 rings (SSSR count). The van der Waals surface area contributed by atoms with Gasteiger partial charge in [-0.1, -0.05) is 12.1 Å². The molecule has 0 bridgehead atoms. The van der Waals surface area contributed by atoms with Gasteiger partial charge in [0.15, 0.2) is 11.0 Å². The number of rotatable bonds is 5. The van der Waals surface area contributed by atoms with E-state index in [4.69, 9.17) is 4.74 Å². The predicted molar refractivity (Wildman–Crippen MR) is 105 cm³/mol. The number of hydrogen-bond donors (Lipinski definition) is 1. The van der Waals surface area contributed by atoms with Crippen molar-refractivity contribution >= 4 is 27.6 Å². The zero-order valence-corrected chi connectivity index (χ0v) is 15.6. The number of ether oxygens (including phenoxy) is 1. The van der Waals surface area contributed by atoms with Crippen molar-refractivity contribution in [3.63, 3.8) is 0 Å². The van der Waals surface area contributed by atoms with Gasteiger partial charge in [0, 0.05) is 36.5 Å². The van der Waals surface area contributed by atoms with Crippen molar-refractivity contribution in [3.8, 4) is 17.1 Å². The highest BCUT2D eigenvalue weighted by Crippen LogP contribution is 2.25. The Balaban J connectivity index is 1.58. The minimum absolute atomic E-state index is 0.521. The number of nitrogens with zero attached hydrogens (tertiary/aromatic N) is 4. The summed E-state index contributed by atoms with van der Waals surface area (Å²) in [5.41, 5.74) is 3.30. The molecule has 1 atom stereocenters. The Bertz CT molecular complexity index is 1120. The number of methoxy groups -OCH3 is 1. The molecule has 27 heavy (non-hydrogen) atoms. The normalized spacial score (nSPS) is 12.1. The van der Waals surface area contributed by atoms with Crippen LogP contribution in [0, 0.1) is 0 Å². The third kappa shape index (κ3) is 3.39. The van der Waals surface area contributed by atoms with E-state index >= 15 is 0 Å². The number of para-hydroxylation sites is 1. The fourth-order valence-corrected chi connectivity index (χ4v) is 3.64. The van der Waals surface area contributed by atoms with Gasteiger partial charge in [0.1, 0.15) is 0 Å². The van der Waals surface area contributed by atoms with Crippen LogP contribution in [0.1, 0.15) is 0 Å². The maximum atomic E-state index is 12.7. The summed E-state index contributed by atoms with van der Waals surface area (Å²) in [5, 5.41) is 5.23. The Morgan fingerprint density at radius 3 is 2.78 bits per heavy atom. The zero-order chi connectivity index (χ0) is 18.8. The van der Waals surface area contributed by atoms with E-state index < -0.39 is 11.0 Å². The summed E-state index contributed by atoms with van der Waals surface area (Å²) in [5.74, 6) is 0.521. The first-order valence-electron chi connectivity index (χ1n) is 8.21. The summed E-state index contributed by atoms with van der Waals surface area (Å²) < 4.78 is 22.7. The first-order chi connectivity index (χ1) is 13.2. The molecule has 136 valence electrons. The molecule has 0 saturated heterocycles. The molecular weight excluding hydrogens is 362 g/mol. The van der Waals surface area contributed by atoms with Crippen molar-refractivity contribution in [2.75, 3.05) is 11.8 Å². The molecule has 3 aromatic heterocycles. The summed E-state index contributed by atoms with van der Waals surface area (Å²) in [7, 11) is 1.98. The van der Waals surface area contributed by atoms with Gasteiger partial charge < -0.3 is 4.74 Å². The Morgan fingerprint density at radius 1 is 1.11 bits per heavy atom. The monoisotopic (exact) mass is 379 g/mol. The molecule has 0 saturated carbocycles. The van der Waals surface area contributed by atoms with Crippen LogP contribution in [0.2, 0.25) is 0 Å². The molecule has 0 amide bonds. The molecule has 0 aliphatic carbocycles. The molecule has 1 aromatic carbocycles. The summed E-state index contributed by atoms with van der Waals surface area (Å²) in [6.07, 6.45) is 5.05. The van der Waals surface area contributed by atoms with Crippen LogP contribution in [0.4, 0.5) is 5.69 Å². The minimum atomic E-state index is -1.44. The smallest absolute Gasteiger partial charge is 0.213 e. The van der Waals surface area contributed by atoms with Crippen LogP contribution in [0.3, 0.4) is 0 Å². The van der Waals surface area contributed by atoms with Crippen molar-refractivity contribution in [1.29, 1.82) is 0 Å². The third-order valence-electron chi connectivity index (χ3n) is 4.15. The lowest BCUT2D eigenvalue weighted by Crippen LogP contribution is -2.06. The van der Waals surface area contributed by atoms with Gasteiger partial charge in [0.25, 0.3) is 0 Å². The highest BCUT2D eigenvalue weighted by Gasteiger charge is 2.11. The van der Waals surface area contributed by atoms with Crippen LogP contribution < -0.4 is 9.46 Å². The molecule has 8 heteroatoms. The van der Waals surface area contributed by atoms with Gasteiger partial charge in [-0.05, 0) is 24.3 Å². The Morgan fingerprint density at radius 2 is 2.00 bits per heavy atom. The average Bonchev–Trinajstić information content (AvgIpc) is 3.10. The number of nitrogens with one attached hydrogen (secondary N) is 1. The summed E-state index contributed by atoms with van der Waals surface area (Å²) >= 11 is 0. The van der Waals surface area contributed by atoms with Crippen LogP contribution in [0.25, 0.3) is 22.2 Å². The van der Waals surface area contributed by atoms with E-state index in [-0.39, 0.29) is 0 Å². The molecule has 4 aromatic rings. The highest BCUT2D eigenvalue weighted by atomic mass is 32.2. The van der Waals surface area contributed by atoms with Gasteiger partial charge >= 0.3 is 0 Å². The summed E-state index contributed by atoms with van der Waals surface area (Å²) in [6, 6.07) is 13.0. The van der Waals surface area contributed by atoms with Crippen molar-refractivity contribution in [2.45, 2.75) is 4.90 Å². The van der Waals surface area contributed by atoms with Crippen LogP contribution >= 0.6 is 0 Å². The van der Waals surface area contributed by atoms with E-state index in [1.54, 1.807) is 42.5 Å². The largest absolute Gasteiger partial charge is 0.481 e. The second-order valence-corrected chi connectivity index (χ2v) is 7.06. The third-order valence-corrected chi connectivity index (χ3v) is 5.23. The van der Waals surface area contributed by atoms with Gasteiger partial charge in [-0.25, -0.2) is 9.19 Å². The van der Waals surface area contributed by atoms with Crippen LogP contribution in [0.5, 0.6) is 5.88 Å². The maximum Gasteiger partial charge on any atom is 0.213 e. The fraction of sp³-hybridized carbons (Fsp3) is 0.105. The molecule has 3 heterocycles. The summed E-state index contributed by atoms with van der Waals surface area (Å²) in [4.78, 5) is 9.09. The SMILES string of the molecule is COc1cc(-c2ccc(S(=O)Nc3cccc4cnn(C)c34)cn2)ccn1. The molecule has 0 fully saturated rings. The lowest BCUT2D eigenvalue weighted by molar-refractivity contribution is 0.398. The maximum absolute atomic E-state index is 12.7. The van der Waals surface area contributed by atoms with Crippen LogP contribution in [-0.2, 0) is 18.0 Å². The first-order valence-corrected chi connectivity index (χ1v) is 9.36. The number of pyridine rings is 2. The number of aromatic nitrogens is 4. The topological polar surface area (TPSA) is 81.9 Å². The Labute approximate surface area is 158 Å². The quantitative estimate of drug-likeness (QED) is 0.576. The van der Waals surface area contributed by atoms with E-state index in [0.29, 0.717) is 10.8 Å². The standard InChI is InChI=1S/C19H17N5O2S/c1-24-19-14(11-22-24)4-3-5-17(19)23-27(25)15-6-7-16(21-12-15)13-8-9-20-18(10-13)26-2/h3-12,23H,1-2H3. The van der Waals surface area contributed by atoms with Gasteiger partial charge in [0.05, 0.1) is 35.1 Å². The first kappa shape index (κ1) is 17.2. The molecule has 0 aliphatic heterocycles. The number of benzene rings is 1. The van der Waals surface area contributed by atoms with E-state index in [2.05, 4.69) is 19.8 Å². The Hall–Kier alpha value is -3.26. The van der Waals surface area contributed by atoms with Crippen LogP contribution in [-0.4, -0.2) is 31.1 Å². The van der Waals surface area contributed by atoms with E-state index in [1.165, 1.54) is 0 Å². The zero-order valence-electron chi connectivity index (χ0n) is 14.8. The molecule has 7 nitrogen and oxygen atoms in total. The lowest BCUT2D eigenvalue weighted by atomic mass is 10.2. The number of anilines is 1. The Kier molecular flexibility index (Phi) is 4.55. The van der Waals surface area contributed by atoms with E-state index in [9.17, 15) is 4.21 Å². The fourth-order valence-electron chi connectivity index (χ4n) is 2.82. The van der Waals surface area contributed by atoms with E-state index in [0.717, 1.165) is 27.8 Å². The predicted octanol–water partition coefficient (Wildman–Crippen LogP) is 3.17. The van der Waals surface area contributed by atoms with Gasteiger partial charge in [-0.3, -0.25) is 14.4 Å². The van der Waals surface area contributed by atoms with Crippen molar-refractivity contribution < 1.29 is 8.95 Å². The van der Waals surface area contributed by atoms with E-state index in [1.807, 2.05) is 37.4 Å². The second-order valence-electron chi connectivity index (χ2n) is 5.85. The molecule has 0 spiro atoms. The molecule has 1 N–H and O–H groups in total. The van der Waals surface area contributed by atoms with Crippen molar-refractivity contribution in [3.05, 3.63) is 61.1 Å². The molecular formula is C19H17N5O2S. The van der Waals surface area contributed by atoms with Gasteiger partial charge in [0.2, 0.25) is 5.88 Å². The minimum Gasteiger partial charge on any atom is -0.481 e. The molecule has 0 radical (unpaired) electrons. The van der Waals surface area contributed by atoms with Crippen molar-refractivity contribution in [2.24, 2.45) is 7.05 Å². The second kappa shape index (κ2) is 7.16. The number of aryl methyl sites for hydroxylation is 1. The van der Waals surface area contributed by atoms with Gasteiger partial charge in [-0.15, -0.1) is 0 Å². The molecule has 0 aliphatic rings. The summed E-state index contributed by atoms with van der Waals surface area (Å²) in [6.45, 7) is 0. The number of hydrogen-bond acceptors (Lipinski definition) is 5. The lowest BCUT2D eigenvalue weighted by Gasteiger charge is -2.09. The molecule has 1 unspecified atom stereocenters. The number of fused-ring (bicyclic) bond motifs is 1. The highest BCUT2D eigenvalue weighted by molar-refractivity contribution is 7.86. The average molecular weight is 379 g/mol.